The molecule has 0 aliphatic carbocycles. The molecule has 0 heterocycles. The van der Waals surface area contributed by atoms with Crippen LogP contribution < -0.4 is 0 Å². The fraction of sp³-hybridized carbons (Fsp3) is 0.875. The minimum atomic E-state index is -3.86. The maximum atomic E-state index is 11.5. The Kier molecular flexibility index (Phi) is 5.81. The summed E-state index contributed by atoms with van der Waals surface area (Å²) in [5.74, 6) is 0. The SMILES string of the molecule is CCOC(=O)OP(=O)(O)C(CC)CC. The molecule has 6 heteroatoms. The number of hydrogen-bond acceptors (Lipinski definition) is 4. The van der Waals surface area contributed by atoms with Crippen molar-refractivity contribution in [2.75, 3.05) is 6.61 Å². The summed E-state index contributed by atoms with van der Waals surface area (Å²) in [5, 5.41) is 0. The molecule has 0 rings (SSSR count). The molecule has 0 amide bonds. The Balaban J connectivity index is 4.31. The Morgan fingerprint density at radius 2 is 1.86 bits per heavy atom. The largest absolute Gasteiger partial charge is 0.514 e. The molecule has 5 nitrogen and oxygen atoms in total. The van der Waals surface area contributed by atoms with Crippen LogP contribution >= 0.6 is 7.60 Å². The molecule has 0 saturated heterocycles. The zero-order valence-corrected chi connectivity index (χ0v) is 9.62. The van der Waals surface area contributed by atoms with Gasteiger partial charge in [0, 0.05) is 0 Å². The summed E-state index contributed by atoms with van der Waals surface area (Å²) in [5.41, 5.74) is -0.507. The number of rotatable bonds is 5. The molecule has 0 aliphatic rings. The molecule has 0 radical (unpaired) electrons. The molecular formula is C8H17O5P. The molecule has 1 N–H and O–H groups in total. The molecule has 1 unspecified atom stereocenters. The van der Waals surface area contributed by atoms with Gasteiger partial charge in [0.15, 0.2) is 0 Å². The van der Waals surface area contributed by atoms with Gasteiger partial charge in [-0.25, -0.2) is 9.36 Å². The van der Waals surface area contributed by atoms with Gasteiger partial charge < -0.3 is 14.2 Å². The van der Waals surface area contributed by atoms with Crippen LogP contribution in [-0.2, 0) is 13.8 Å². The zero-order valence-electron chi connectivity index (χ0n) is 8.73. The van der Waals surface area contributed by atoms with Gasteiger partial charge in [0.25, 0.3) is 0 Å². The normalized spacial score (nSPS) is 14.9. The predicted molar refractivity (Wildman–Crippen MR) is 52.3 cm³/mol. The second-order valence-electron chi connectivity index (χ2n) is 2.81. The first kappa shape index (κ1) is 13.5. The average Bonchev–Trinajstić information content (AvgIpc) is 2.04. The smallest absolute Gasteiger partial charge is 0.434 e. The highest BCUT2D eigenvalue weighted by molar-refractivity contribution is 7.54. The van der Waals surface area contributed by atoms with Crippen LogP contribution in [0, 0.1) is 0 Å². The Hall–Kier alpha value is -0.540. The van der Waals surface area contributed by atoms with Gasteiger partial charge in [-0.05, 0) is 19.8 Å². The highest BCUT2D eigenvalue weighted by atomic mass is 31.2. The van der Waals surface area contributed by atoms with E-state index in [9.17, 15) is 14.3 Å². The maximum Gasteiger partial charge on any atom is 0.514 e. The topological polar surface area (TPSA) is 72.8 Å². The summed E-state index contributed by atoms with van der Waals surface area (Å²) in [7, 11) is -3.86. The first-order valence-corrected chi connectivity index (χ1v) is 6.31. The van der Waals surface area contributed by atoms with Crippen LogP contribution in [0.4, 0.5) is 4.79 Å². The second-order valence-corrected chi connectivity index (χ2v) is 4.85. The van der Waals surface area contributed by atoms with Crippen molar-refractivity contribution in [2.24, 2.45) is 0 Å². The highest BCUT2D eigenvalue weighted by Crippen LogP contribution is 2.50. The van der Waals surface area contributed by atoms with Crippen LogP contribution in [-0.4, -0.2) is 23.3 Å². The second kappa shape index (κ2) is 6.04. The lowest BCUT2D eigenvalue weighted by atomic mass is 10.3. The van der Waals surface area contributed by atoms with E-state index in [4.69, 9.17) is 0 Å². The van der Waals surface area contributed by atoms with Crippen molar-refractivity contribution in [3.05, 3.63) is 0 Å². The summed E-state index contributed by atoms with van der Waals surface area (Å²) in [6.45, 7) is 5.26. The quantitative estimate of drug-likeness (QED) is 0.573. The molecule has 0 saturated carbocycles. The van der Waals surface area contributed by atoms with Crippen LogP contribution in [0.3, 0.4) is 0 Å². The summed E-state index contributed by atoms with van der Waals surface area (Å²) in [6.07, 6.45) is -0.0990. The minimum Gasteiger partial charge on any atom is -0.434 e. The first-order valence-electron chi connectivity index (χ1n) is 4.66. The summed E-state index contributed by atoms with van der Waals surface area (Å²) < 4.78 is 20.3. The van der Waals surface area contributed by atoms with Gasteiger partial charge in [-0.2, -0.15) is 0 Å². The Morgan fingerprint density at radius 3 is 2.21 bits per heavy atom. The van der Waals surface area contributed by atoms with Crippen molar-refractivity contribution in [3.63, 3.8) is 0 Å². The van der Waals surface area contributed by atoms with Gasteiger partial charge in [-0.15, -0.1) is 0 Å². The lowest BCUT2D eigenvalue weighted by Crippen LogP contribution is -2.13. The van der Waals surface area contributed by atoms with Gasteiger partial charge >= 0.3 is 13.8 Å². The van der Waals surface area contributed by atoms with Crippen LogP contribution in [0.2, 0.25) is 0 Å². The van der Waals surface area contributed by atoms with E-state index in [2.05, 4.69) is 9.26 Å². The van der Waals surface area contributed by atoms with Gasteiger partial charge in [0.2, 0.25) is 0 Å². The molecule has 1 atom stereocenters. The van der Waals surface area contributed by atoms with E-state index in [-0.39, 0.29) is 6.61 Å². The van der Waals surface area contributed by atoms with E-state index in [0.29, 0.717) is 12.8 Å². The molecule has 0 fully saturated rings. The number of ether oxygens (including phenoxy) is 1. The van der Waals surface area contributed by atoms with Crippen molar-refractivity contribution in [2.45, 2.75) is 39.3 Å². The third-order valence-corrected chi connectivity index (χ3v) is 3.94. The first-order chi connectivity index (χ1) is 6.47. The van der Waals surface area contributed by atoms with E-state index in [1.807, 2.05) is 0 Å². The molecule has 0 aromatic heterocycles. The molecule has 0 aromatic rings. The van der Waals surface area contributed by atoms with Crippen molar-refractivity contribution in [1.82, 2.24) is 0 Å². The monoisotopic (exact) mass is 224 g/mol. The van der Waals surface area contributed by atoms with Crippen molar-refractivity contribution in [3.8, 4) is 0 Å². The summed E-state index contributed by atoms with van der Waals surface area (Å²) >= 11 is 0. The maximum absolute atomic E-state index is 11.5. The Bertz CT molecular complexity index is 224. The van der Waals surface area contributed by atoms with Crippen LogP contribution in [0.1, 0.15) is 33.6 Å². The van der Waals surface area contributed by atoms with Gasteiger partial charge in [0.1, 0.15) is 0 Å². The molecule has 0 aromatic carbocycles. The Morgan fingerprint density at radius 1 is 1.36 bits per heavy atom. The lowest BCUT2D eigenvalue weighted by molar-refractivity contribution is 0.0985. The van der Waals surface area contributed by atoms with Gasteiger partial charge in [0.05, 0.1) is 12.3 Å². The fourth-order valence-electron chi connectivity index (χ4n) is 1.08. The fourth-order valence-corrected chi connectivity index (χ4v) is 2.41. The number of carbonyl (C=O) groups is 1. The van der Waals surface area contributed by atoms with Crippen LogP contribution in [0.25, 0.3) is 0 Å². The average molecular weight is 224 g/mol. The Labute approximate surface area is 83.9 Å². The minimum absolute atomic E-state index is 0.127. The molecular weight excluding hydrogens is 207 g/mol. The lowest BCUT2D eigenvalue weighted by Gasteiger charge is -2.18. The predicted octanol–water partition coefficient (Wildman–Crippen LogP) is 2.53. The molecule has 84 valence electrons. The van der Waals surface area contributed by atoms with E-state index in [1.165, 1.54) is 0 Å². The molecule has 0 aliphatic heterocycles. The summed E-state index contributed by atoms with van der Waals surface area (Å²) in [6, 6.07) is 0. The standard InChI is InChI=1S/C8H17O5P/c1-4-7(5-2)14(10,11)13-8(9)12-6-3/h7H,4-6H2,1-3H3,(H,10,11). The van der Waals surface area contributed by atoms with E-state index < -0.39 is 19.4 Å². The number of hydrogen-bond donors (Lipinski definition) is 1. The van der Waals surface area contributed by atoms with E-state index in [0.717, 1.165) is 0 Å². The van der Waals surface area contributed by atoms with Crippen molar-refractivity contribution >= 4 is 13.8 Å². The highest BCUT2D eigenvalue weighted by Gasteiger charge is 2.33. The van der Waals surface area contributed by atoms with Crippen molar-refractivity contribution in [1.29, 1.82) is 0 Å². The third-order valence-electron chi connectivity index (χ3n) is 1.87. The van der Waals surface area contributed by atoms with E-state index in [1.54, 1.807) is 20.8 Å². The molecule has 0 spiro atoms. The van der Waals surface area contributed by atoms with Gasteiger partial charge in [-0.1, -0.05) is 13.8 Å². The van der Waals surface area contributed by atoms with Crippen LogP contribution in [0.5, 0.6) is 0 Å². The molecule has 14 heavy (non-hydrogen) atoms. The van der Waals surface area contributed by atoms with Crippen LogP contribution in [0.15, 0.2) is 0 Å². The van der Waals surface area contributed by atoms with E-state index >= 15 is 0 Å². The van der Waals surface area contributed by atoms with Gasteiger partial charge in [-0.3, -0.25) is 0 Å². The van der Waals surface area contributed by atoms with Crippen molar-refractivity contribution < 1.29 is 23.5 Å². The summed E-state index contributed by atoms with van der Waals surface area (Å²) in [4.78, 5) is 20.2. The molecule has 0 bridgehead atoms. The zero-order chi connectivity index (χ0) is 11.2. The third kappa shape index (κ3) is 4.11. The number of carbonyl (C=O) groups excluding carboxylic acids is 1.